The molecule has 0 fully saturated rings. The van der Waals surface area contributed by atoms with E-state index in [4.69, 9.17) is 4.74 Å². The Bertz CT molecular complexity index is 736. The number of carbonyl (C=O) groups is 2. The van der Waals surface area contributed by atoms with Crippen molar-refractivity contribution in [3.8, 4) is 5.75 Å². The number of benzene rings is 1. The van der Waals surface area contributed by atoms with Crippen LogP contribution in [0.5, 0.6) is 5.75 Å². The Balaban J connectivity index is 1.82. The zero-order valence-corrected chi connectivity index (χ0v) is 11.6. The molecule has 7 nitrogen and oxygen atoms in total. The molecule has 0 unspecified atom stereocenters. The van der Waals surface area contributed by atoms with Gasteiger partial charge in [0.1, 0.15) is 5.75 Å². The minimum Gasteiger partial charge on any atom is -0.482 e. The van der Waals surface area contributed by atoms with E-state index in [9.17, 15) is 9.59 Å². The number of aromatic amines is 1. The van der Waals surface area contributed by atoms with Crippen molar-refractivity contribution < 1.29 is 14.3 Å². The summed E-state index contributed by atoms with van der Waals surface area (Å²) in [5.41, 5.74) is 2.80. The Morgan fingerprint density at radius 2 is 2.19 bits per heavy atom. The summed E-state index contributed by atoms with van der Waals surface area (Å²) >= 11 is 0. The third-order valence-corrected chi connectivity index (χ3v) is 3.36. The normalized spacial score (nSPS) is 13.1. The van der Waals surface area contributed by atoms with Gasteiger partial charge >= 0.3 is 0 Å². The maximum absolute atomic E-state index is 12.2. The maximum Gasteiger partial charge on any atom is 0.262 e. The fourth-order valence-electron chi connectivity index (χ4n) is 2.00. The van der Waals surface area contributed by atoms with E-state index in [2.05, 4.69) is 20.8 Å². The second-order valence-corrected chi connectivity index (χ2v) is 4.82. The number of aromatic nitrogens is 2. The van der Waals surface area contributed by atoms with Crippen LogP contribution in [0.2, 0.25) is 0 Å². The van der Waals surface area contributed by atoms with E-state index in [1.807, 2.05) is 13.8 Å². The van der Waals surface area contributed by atoms with Gasteiger partial charge in [-0.15, -0.1) is 0 Å². The van der Waals surface area contributed by atoms with Crippen molar-refractivity contribution in [2.75, 3.05) is 17.2 Å². The molecule has 1 aromatic carbocycles. The Labute approximate surface area is 120 Å². The van der Waals surface area contributed by atoms with Gasteiger partial charge in [-0.25, -0.2) is 0 Å². The van der Waals surface area contributed by atoms with E-state index in [1.54, 1.807) is 18.2 Å². The highest BCUT2D eigenvalue weighted by molar-refractivity contribution is 6.05. The number of ether oxygens (including phenoxy) is 1. The molecule has 7 heteroatoms. The second kappa shape index (κ2) is 4.93. The molecule has 2 heterocycles. The van der Waals surface area contributed by atoms with E-state index >= 15 is 0 Å². The first kappa shape index (κ1) is 13.2. The summed E-state index contributed by atoms with van der Waals surface area (Å²) in [5.74, 6) is 0.497. The van der Waals surface area contributed by atoms with Gasteiger partial charge in [-0.1, -0.05) is 0 Å². The number of fused-ring (bicyclic) bond motifs is 1. The van der Waals surface area contributed by atoms with E-state index in [0.717, 1.165) is 11.3 Å². The average molecular weight is 286 g/mol. The molecule has 21 heavy (non-hydrogen) atoms. The smallest absolute Gasteiger partial charge is 0.262 e. The fourth-order valence-corrected chi connectivity index (χ4v) is 2.00. The van der Waals surface area contributed by atoms with Crippen molar-refractivity contribution >= 4 is 23.3 Å². The van der Waals surface area contributed by atoms with E-state index in [0.29, 0.717) is 22.8 Å². The van der Waals surface area contributed by atoms with Crippen molar-refractivity contribution in [1.82, 2.24) is 10.2 Å². The van der Waals surface area contributed by atoms with Crippen LogP contribution in [-0.4, -0.2) is 28.6 Å². The molecule has 108 valence electrons. The number of hydrogen-bond donors (Lipinski definition) is 3. The molecule has 2 aromatic rings. The lowest BCUT2D eigenvalue weighted by molar-refractivity contribution is -0.118. The number of nitrogens with one attached hydrogen (secondary N) is 3. The van der Waals surface area contributed by atoms with Gasteiger partial charge in [0.2, 0.25) is 0 Å². The lowest BCUT2D eigenvalue weighted by Crippen LogP contribution is -2.25. The van der Waals surface area contributed by atoms with Crippen LogP contribution in [0.15, 0.2) is 18.2 Å². The van der Waals surface area contributed by atoms with Crippen molar-refractivity contribution in [3.63, 3.8) is 0 Å². The Morgan fingerprint density at radius 1 is 1.38 bits per heavy atom. The third-order valence-electron chi connectivity index (χ3n) is 3.36. The first-order valence-electron chi connectivity index (χ1n) is 6.44. The molecule has 3 rings (SSSR count). The predicted molar refractivity (Wildman–Crippen MR) is 76.6 cm³/mol. The van der Waals surface area contributed by atoms with Gasteiger partial charge < -0.3 is 15.4 Å². The van der Waals surface area contributed by atoms with Crippen LogP contribution in [0.3, 0.4) is 0 Å². The number of amides is 2. The number of rotatable bonds is 2. The Kier molecular flexibility index (Phi) is 3.09. The van der Waals surface area contributed by atoms with Gasteiger partial charge in [-0.2, -0.15) is 5.10 Å². The molecule has 0 saturated carbocycles. The SMILES string of the molecule is Cc1[nH]nc(NC(=O)c2ccc3c(c2)OCC(=O)N3)c1C. The van der Waals surface area contributed by atoms with Crippen LogP contribution in [0.25, 0.3) is 0 Å². The van der Waals surface area contributed by atoms with Gasteiger partial charge in [0.15, 0.2) is 12.4 Å². The molecule has 0 atom stereocenters. The molecule has 2 amide bonds. The van der Waals surface area contributed by atoms with Gasteiger partial charge in [0.05, 0.1) is 5.69 Å². The zero-order chi connectivity index (χ0) is 15.0. The molecule has 0 bridgehead atoms. The zero-order valence-electron chi connectivity index (χ0n) is 11.6. The van der Waals surface area contributed by atoms with Crippen LogP contribution in [0, 0.1) is 13.8 Å². The summed E-state index contributed by atoms with van der Waals surface area (Å²) in [6.07, 6.45) is 0. The maximum atomic E-state index is 12.2. The largest absolute Gasteiger partial charge is 0.482 e. The van der Waals surface area contributed by atoms with Crippen molar-refractivity contribution in [1.29, 1.82) is 0 Å². The molecular formula is C14H14N4O3. The van der Waals surface area contributed by atoms with Crippen LogP contribution in [0.1, 0.15) is 21.6 Å². The first-order valence-corrected chi connectivity index (χ1v) is 6.44. The van der Waals surface area contributed by atoms with Crippen LogP contribution >= 0.6 is 0 Å². The van der Waals surface area contributed by atoms with Gasteiger partial charge in [0, 0.05) is 16.8 Å². The van der Waals surface area contributed by atoms with Gasteiger partial charge in [-0.3, -0.25) is 14.7 Å². The second-order valence-electron chi connectivity index (χ2n) is 4.82. The number of anilines is 2. The lowest BCUT2D eigenvalue weighted by Gasteiger charge is -2.18. The number of aryl methyl sites for hydroxylation is 1. The molecule has 1 aromatic heterocycles. The number of nitrogens with zero attached hydrogens (tertiary/aromatic N) is 1. The number of hydrogen-bond acceptors (Lipinski definition) is 4. The quantitative estimate of drug-likeness (QED) is 0.781. The number of H-pyrrole nitrogens is 1. The topological polar surface area (TPSA) is 96.1 Å². The summed E-state index contributed by atoms with van der Waals surface area (Å²) in [4.78, 5) is 23.4. The fraction of sp³-hybridized carbons (Fsp3) is 0.214. The van der Waals surface area contributed by atoms with Gasteiger partial charge in [-0.05, 0) is 32.0 Å². The summed E-state index contributed by atoms with van der Waals surface area (Å²) in [7, 11) is 0. The van der Waals surface area contributed by atoms with Crippen LogP contribution in [0.4, 0.5) is 11.5 Å². The standard InChI is InChI=1S/C14H14N4O3/c1-7-8(2)17-18-13(7)16-14(20)9-3-4-10-11(5-9)21-6-12(19)15-10/h3-5H,6H2,1-2H3,(H,15,19)(H2,16,17,18,20). The van der Waals surface area contributed by atoms with Crippen molar-refractivity contribution in [2.24, 2.45) is 0 Å². The molecule has 1 aliphatic rings. The van der Waals surface area contributed by atoms with Crippen LogP contribution < -0.4 is 15.4 Å². The third kappa shape index (κ3) is 2.45. The first-order chi connectivity index (χ1) is 10.0. The van der Waals surface area contributed by atoms with E-state index < -0.39 is 0 Å². The monoisotopic (exact) mass is 286 g/mol. The summed E-state index contributed by atoms with van der Waals surface area (Å²) in [6, 6.07) is 4.86. The van der Waals surface area contributed by atoms with Crippen molar-refractivity contribution in [2.45, 2.75) is 13.8 Å². The highest BCUT2D eigenvalue weighted by Crippen LogP contribution is 2.28. The molecule has 1 aliphatic heterocycles. The lowest BCUT2D eigenvalue weighted by atomic mass is 10.1. The molecular weight excluding hydrogens is 272 g/mol. The van der Waals surface area contributed by atoms with E-state index in [1.165, 1.54) is 0 Å². The molecule has 0 radical (unpaired) electrons. The van der Waals surface area contributed by atoms with E-state index in [-0.39, 0.29) is 18.4 Å². The minimum absolute atomic E-state index is 0.0459. The van der Waals surface area contributed by atoms with Crippen molar-refractivity contribution in [3.05, 3.63) is 35.0 Å². The number of carbonyl (C=O) groups excluding carboxylic acids is 2. The summed E-state index contributed by atoms with van der Waals surface area (Å²) in [5, 5.41) is 12.3. The molecule has 0 saturated heterocycles. The minimum atomic E-state index is -0.284. The predicted octanol–water partition coefficient (Wildman–Crippen LogP) is 1.61. The average Bonchev–Trinajstić information content (AvgIpc) is 2.78. The molecule has 3 N–H and O–H groups in total. The highest BCUT2D eigenvalue weighted by Gasteiger charge is 2.18. The Hall–Kier alpha value is -2.83. The summed E-state index contributed by atoms with van der Waals surface area (Å²) < 4.78 is 5.29. The Morgan fingerprint density at radius 3 is 2.90 bits per heavy atom. The highest BCUT2D eigenvalue weighted by atomic mass is 16.5. The molecule has 0 spiro atoms. The van der Waals surface area contributed by atoms with Gasteiger partial charge in [0.25, 0.3) is 11.8 Å². The van der Waals surface area contributed by atoms with Crippen LogP contribution in [-0.2, 0) is 4.79 Å². The summed E-state index contributed by atoms with van der Waals surface area (Å²) in [6.45, 7) is 3.71. The molecule has 0 aliphatic carbocycles.